The highest BCUT2D eigenvalue weighted by atomic mass is 16.5. The summed E-state index contributed by atoms with van der Waals surface area (Å²) < 4.78 is 12.9. The maximum atomic E-state index is 5.85. The minimum absolute atomic E-state index is 0.143. The molecule has 0 amide bonds. The zero-order valence-corrected chi connectivity index (χ0v) is 12.7. The van der Waals surface area contributed by atoms with Crippen LogP contribution in [-0.2, 0) is 17.8 Å². The molecule has 2 aromatic heterocycles. The average Bonchev–Trinajstić information content (AvgIpc) is 2.96. The van der Waals surface area contributed by atoms with Crippen LogP contribution in [0.25, 0.3) is 0 Å². The number of hydrogen-bond donors (Lipinski definition) is 0. The van der Waals surface area contributed by atoms with Gasteiger partial charge in [-0.15, -0.1) is 0 Å². The van der Waals surface area contributed by atoms with Crippen LogP contribution in [0.2, 0.25) is 0 Å². The summed E-state index contributed by atoms with van der Waals surface area (Å²) in [6.45, 7) is 9.84. The molecule has 1 fully saturated rings. The molecule has 0 spiro atoms. The zero-order valence-electron chi connectivity index (χ0n) is 12.7. The Hall–Kier alpha value is -1.73. The Morgan fingerprint density at radius 2 is 2.19 bits per heavy atom. The van der Waals surface area contributed by atoms with Crippen molar-refractivity contribution < 1.29 is 9.26 Å². The van der Waals surface area contributed by atoms with Gasteiger partial charge in [0.1, 0.15) is 0 Å². The third-order valence-electron chi connectivity index (χ3n) is 3.64. The molecule has 1 aliphatic heterocycles. The lowest BCUT2D eigenvalue weighted by Crippen LogP contribution is -2.44. The smallest absolute Gasteiger partial charge is 0.223 e. The summed E-state index contributed by atoms with van der Waals surface area (Å²) in [5.41, 5.74) is 2.21. The maximum Gasteiger partial charge on any atom is 0.223 e. The van der Waals surface area contributed by atoms with Gasteiger partial charge in [0.05, 0.1) is 31.5 Å². The van der Waals surface area contributed by atoms with Gasteiger partial charge in [-0.25, -0.2) is 0 Å². The Bertz CT molecular complexity index is 606. The number of morpholine rings is 1. The van der Waals surface area contributed by atoms with Crippen molar-refractivity contribution in [1.82, 2.24) is 24.8 Å². The van der Waals surface area contributed by atoms with E-state index in [9.17, 15) is 0 Å². The van der Waals surface area contributed by atoms with Gasteiger partial charge in [0.2, 0.25) is 5.89 Å². The molecule has 21 heavy (non-hydrogen) atoms. The van der Waals surface area contributed by atoms with Crippen molar-refractivity contribution in [3.05, 3.63) is 29.2 Å². The Labute approximate surface area is 123 Å². The van der Waals surface area contributed by atoms with Crippen LogP contribution in [0.1, 0.15) is 23.1 Å². The van der Waals surface area contributed by atoms with E-state index in [-0.39, 0.29) is 6.10 Å². The van der Waals surface area contributed by atoms with Gasteiger partial charge in [0.25, 0.3) is 0 Å². The van der Waals surface area contributed by atoms with Crippen LogP contribution in [0.3, 0.4) is 0 Å². The van der Waals surface area contributed by atoms with Crippen molar-refractivity contribution in [2.24, 2.45) is 0 Å². The number of aromatic nitrogens is 4. The second kappa shape index (κ2) is 5.95. The Morgan fingerprint density at radius 3 is 2.86 bits per heavy atom. The first-order valence-electron chi connectivity index (χ1n) is 7.24. The zero-order chi connectivity index (χ0) is 14.8. The Morgan fingerprint density at radius 1 is 1.33 bits per heavy atom. The maximum absolute atomic E-state index is 5.85. The van der Waals surface area contributed by atoms with Crippen molar-refractivity contribution >= 4 is 0 Å². The lowest BCUT2D eigenvalue weighted by atomic mass is 10.2. The van der Waals surface area contributed by atoms with Gasteiger partial charge in [-0.05, 0) is 19.9 Å². The molecule has 0 aromatic carbocycles. The second-order valence-corrected chi connectivity index (χ2v) is 5.57. The molecule has 3 rings (SSSR count). The van der Waals surface area contributed by atoms with E-state index in [0.29, 0.717) is 12.4 Å². The topological polar surface area (TPSA) is 69.2 Å². The van der Waals surface area contributed by atoms with Gasteiger partial charge in [-0.3, -0.25) is 9.58 Å². The first kappa shape index (κ1) is 14.2. The standard InChI is InChI=1S/C14H21N5O2/c1-10-6-11(2)19(16-10)8-13-7-18(4-5-20-13)9-14-15-12(3)21-17-14/h6,13H,4-5,7-9H2,1-3H3/t13-/m1/s1. The van der Waals surface area contributed by atoms with Gasteiger partial charge >= 0.3 is 0 Å². The number of hydrogen-bond acceptors (Lipinski definition) is 6. The molecule has 2 aromatic rings. The van der Waals surface area contributed by atoms with E-state index in [1.807, 2.05) is 11.6 Å². The molecule has 7 nitrogen and oxygen atoms in total. The molecule has 114 valence electrons. The lowest BCUT2D eigenvalue weighted by molar-refractivity contribution is -0.0413. The molecule has 0 saturated carbocycles. The van der Waals surface area contributed by atoms with E-state index in [2.05, 4.69) is 33.1 Å². The van der Waals surface area contributed by atoms with Crippen LogP contribution in [-0.4, -0.2) is 50.6 Å². The summed E-state index contributed by atoms with van der Waals surface area (Å²) in [7, 11) is 0. The van der Waals surface area contributed by atoms with Crippen molar-refractivity contribution in [2.45, 2.75) is 40.0 Å². The summed E-state index contributed by atoms with van der Waals surface area (Å²) in [5, 5.41) is 8.45. The van der Waals surface area contributed by atoms with Gasteiger partial charge in [0.15, 0.2) is 5.82 Å². The highest BCUT2D eigenvalue weighted by molar-refractivity contribution is 5.06. The lowest BCUT2D eigenvalue weighted by Gasteiger charge is -2.32. The quantitative estimate of drug-likeness (QED) is 0.840. The van der Waals surface area contributed by atoms with Crippen LogP contribution < -0.4 is 0 Å². The van der Waals surface area contributed by atoms with E-state index >= 15 is 0 Å². The molecule has 0 radical (unpaired) electrons. The van der Waals surface area contributed by atoms with Crippen LogP contribution in [0.15, 0.2) is 10.6 Å². The summed E-state index contributed by atoms with van der Waals surface area (Å²) >= 11 is 0. The average molecular weight is 291 g/mol. The minimum atomic E-state index is 0.143. The van der Waals surface area contributed by atoms with Gasteiger partial charge < -0.3 is 9.26 Å². The van der Waals surface area contributed by atoms with Crippen molar-refractivity contribution in [1.29, 1.82) is 0 Å². The van der Waals surface area contributed by atoms with Crippen LogP contribution in [0, 0.1) is 20.8 Å². The fraction of sp³-hybridized carbons (Fsp3) is 0.643. The number of nitrogens with zero attached hydrogens (tertiary/aromatic N) is 5. The SMILES string of the molecule is Cc1cc(C)n(C[C@H]2CN(Cc3noc(C)n3)CCO2)n1. The van der Waals surface area contributed by atoms with Crippen molar-refractivity contribution in [2.75, 3.05) is 19.7 Å². The predicted octanol–water partition coefficient (Wildman–Crippen LogP) is 1.09. The van der Waals surface area contributed by atoms with Crippen LogP contribution in [0.5, 0.6) is 0 Å². The van der Waals surface area contributed by atoms with E-state index < -0.39 is 0 Å². The minimum Gasteiger partial charge on any atom is -0.374 e. The largest absolute Gasteiger partial charge is 0.374 e. The molecule has 0 aliphatic carbocycles. The van der Waals surface area contributed by atoms with Crippen molar-refractivity contribution in [3.63, 3.8) is 0 Å². The summed E-state index contributed by atoms with van der Waals surface area (Å²) in [6, 6.07) is 2.09. The van der Waals surface area contributed by atoms with E-state index in [1.54, 1.807) is 6.92 Å². The van der Waals surface area contributed by atoms with Crippen LogP contribution in [0.4, 0.5) is 0 Å². The first-order chi connectivity index (χ1) is 10.1. The molecule has 1 saturated heterocycles. The van der Waals surface area contributed by atoms with Crippen LogP contribution >= 0.6 is 0 Å². The molecular weight excluding hydrogens is 270 g/mol. The number of rotatable bonds is 4. The first-order valence-corrected chi connectivity index (χ1v) is 7.24. The third kappa shape index (κ3) is 3.48. The molecular formula is C14H21N5O2. The van der Waals surface area contributed by atoms with Gasteiger partial charge in [-0.1, -0.05) is 5.16 Å². The Kier molecular flexibility index (Phi) is 4.03. The molecule has 3 heterocycles. The van der Waals surface area contributed by atoms with E-state index in [0.717, 1.165) is 37.8 Å². The fourth-order valence-electron chi connectivity index (χ4n) is 2.69. The summed E-state index contributed by atoms with van der Waals surface area (Å²) in [6.07, 6.45) is 0.143. The monoisotopic (exact) mass is 291 g/mol. The molecule has 1 aliphatic rings. The highest BCUT2D eigenvalue weighted by Gasteiger charge is 2.23. The third-order valence-corrected chi connectivity index (χ3v) is 3.64. The molecule has 7 heteroatoms. The summed E-state index contributed by atoms with van der Waals surface area (Å²) in [4.78, 5) is 6.55. The van der Waals surface area contributed by atoms with Gasteiger partial charge in [-0.2, -0.15) is 10.1 Å². The second-order valence-electron chi connectivity index (χ2n) is 5.57. The molecule has 0 N–H and O–H groups in total. The molecule has 1 atom stereocenters. The van der Waals surface area contributed by atoms with E-state index in [4.69, 9.17) is 9.26 Å². The van der Waals surface area contributed by atoms with Gasteiger partial charge in [0, 0.05) is 25.7 Å². The highest BCUT2D eigenvalue weighted by Crippen LogP contribution is 2.12. The molecule has 0 unspecified atom stereocenters. The molecule has 0 bridgehead atoms. The van der Waals surface area contributed by atoms with E-state index in [1.165, 1.54) is 5.69 Å². The normalized spacial score (nSPS) is 20.0. The fourth-order valence-corrected chi connectivity index (χ4v) is 2.69. The number of ether oxygens (including phenoxy) is 1. The van der Waals surface area contributed by atoms with Crippen molar-refractivity contribution in [3.8, 4) is 0 Å². The Balaban J connectivity index is 1.59. The predicted molar refractivity (Wildman–Crippen MR) is 75.8 cm³/mol. The summed E-state index contributed by atoms with van der Waals surface area (Å²) in [5.74, 6) is 1.34. The number of aryl methyl sites for hydroxylation is 3.